The van der Waals surface area contributed by atoms with Crippen molar-refractivity contribution in [1.29, 1.82) is 0 Å². The molecule has 0 saturated carbocycles. The number of benzene rings is 5. The first-order chi connectivity index (χ1) is 23.3. The van der Waals surface area contributed by atoms with E-state index < -0.39 is 0 Å². The smallest absolute Gasteiger partial charge is 0.164 e. The lowest BCUT2D eigenvalue weighted by Gasteiger charge is -2.11. The van der Waals surface area contributed by atoms with Crippen molar-refractivity contribution < 1.29 is 4.42 Å². The van der Waals surface area contributed by atoms with Crippen LogP contribution in [0, 0.1) is 0 Å². The second-order valence-corrected chi connectivity index (χ2v) is 11.4. The molecular weight excluding hydrogens is 578 g/mol. The monoisotopic (exact) mass is 603 g/mol. The maximum absolute atomic E-state index is 6.02. The van der Waals surface area contributed by atoms with Gasteiger partial charge < -0.3 is 4.42 Å². The largest absolute Gasteiger partial charge is 0.454 e. The van der Waals surface area contributed by atoms with Crippen molar-refractivity contribution in [1.82, 2.24) is 24.9 Å². The Morgan fingerprint density at radius 3 is 1.81 bits per heavy atom. The SMILES string of the molecule is c1ccc(-c2nc(-c3ccccc3)nc(-c3cccc(-c4ccc5ccnc(-c6ccc7oc8ccccc8c7n6)c5c4)c3)n2)cc1. The summed E-state index contributed by atoms with van der Waals surface area (Å²) in [5.74, 6) is 1.89. The number of pyridine rings is 2. The van der Waals surface area contributed by atoms with E-state index in [4.69, 9.17) is 29.3 Å². The van der Waals surface area contributed by atoms with Crippen LogP contribution in [0.1, 0.15) is 0 Å². The predicted molar refractivity (Wildman–Crippen MR) is 187 cm³/mol. The fourth-order valence-electron chi connectivity index (χ4n) is 6.05. The van der Waals surface area contributed by atoms with Crippen molar-refractivity contribution >= 4 is 32.8 Å². The highest BCUT2D eigenvalue weighted by molar-refractivity contribution is 6.04. The number of hydrogen-bond donors (Lipinski definition) is 0. The van der Waals surface area contributed by atoms with Gasteiger partial charge in [-0.1, -0.05) is 103 Å². The number of furan rings is 1. The Kier molecular flexibility index (Phi) is 6.35. The van der Waals surface area contributed by atoms with Gasteiger partial charge in [-0.25, -0.2) is 19.9 Å². The van der Waals surface area contributed by atoms with Crippen molar-refractivity contribution in [3.63, 3.8) is 0 Å². The van der Waals surface area contributed by atoms with Gasteiger partial charge in [-0.2, -0.15) is 0 Å². The lowest BCUT2D eigenvalue weighted by molar-refractivity contribution is 0.668. The van der Waals surface area contributed by atoms with Crippen molar-refractivity contribution in [3.8, 4) is 56.7 Å². The Bertz CT molecular complexity index is 2520. The standard InChI is InChI=1S/C41H25N5O/c1-3-10-27(11-4-1)39-44-40(28-12-5-2-6-13-28)46-41(45-39)31-15-9-14-29(24-31)30-19-18-26-22-23-42-37(33(26)25-30)34-20-21-36-38(43-34)32-16-7-8-17-35(32)47-36/h1-25H. The van der Waals surface area contributed by atoms with Gasteiger partial charge in [0.15, 0.2) is 23.1 Å². The van der Waals surface area contributed by atoms with Crippen molar-refractivity contribution in [2.45, 2.75) is 0 Å². The molecule has 0 bridgehead atoms. The zero-order chi connectivity index (χ0) is 31.2. The molecule has 9 aromatic rings. The average Bonchev–Trinajstić information content (AvgIpc) is 3.53. The molecule has 0 N–H and O–H groups in total. The Balaban J connectivity index is 1.15. The van der Waals surface area contributed by atoms with E-state index in [-0.39, 0.29) is 0 Å². The summed E-state index contributed by atoms with van der Waals surface area (Å²) in [6.45, 7) is 0. The highest BCUT2D eigenvalue weighted by Crippen LogP contribution is 2.34. The summed E-state index contributed by atoms with van der Waals surface area (Å²) in [6.07, 6.45) is 1.84. The molecule has 6 heteroatoms. The van der Waals surface area contributed by atoms with Crippen LogP contribution in [0.15, 0.2) is 156 Å². The first-order valence-corrected chi connectivity index (χ1v) is 15.4. The van der Waals surface area contributed by atoms with Crippen LogP contribution in [0.25, 0.3) is 89.5 Å². The Morgan fingerprint density at radius 2 is 1.04 bits per heavy atom. The molecule has 47 heavy (non-hydrogen) atoms. The Labute approximate surface area is 270 Å². The minimum Gasteiger partial charge on any atom is -0.454 e. The molecule has 9 rings (SSSR count). The van der Waals surface area contributed by atoms with E-state index in [9.17, 15) is 0 Å². The Hall–Kier alpha value is -6.53. The normalized spacial score (nSPS) is 11.4. The van der Waals surface area contributed by atoms with Crippen LogP contribution < -0.4 is 0 Å². The summed E-state index contributed by atoms with van der Waals surface area (Å²) in [5.41, 5.74) is 8.94. The third kappa shape index (κ3) is 4.89. The fourth-order valence-corrected chi connectivity index (χ4v) is 6.05. The minimum absolute atomic E-state index is 0.618. The molecule has 0 atom stereocenters. The van der Waals surface area contributed by atoms with E-state index in [0.717, 1.165) is 72.0 Å². The van der Waals surface area contributed by atoms with E-state index in [2.05, 4.69) is 30.3 Å². The highest BCUT2D eigenvalue weighted by Gasteiger charge is 2.15. The molecule has 0 aliphatic rings. The molecule has 6 nitrogen and oxygen atoms in total. The topological polar surface area (TPSA) is 77.6 Å². The molecule has 0 aliphatic carbocycles. The predicted octanol–water partition coefficient (Wildman–Crippen LogP) is 10.0. The van der Waals surface area contributed by atoms with Crippen LogP contribution in [0.2, 0.25) is 0 Å². The first kappa shape index (κ1) is 26.8. The molecule has 0 spiro atoms. The van der Waals surface area contributed by atoms with Gasteiger partial charge >= 0.3 is 0 Å². The van der Waals surface area contributed by atoms with Gasteiger partial charge in [0.25, 0.3) is 0 Å². The van der Waals surface area contributed by atoms with Crippen molar-refractivity contribution in [2.75, 3.05) is 0 Å². The van der Waals surface area contributed by atoms with Crippen LogP contribution in [-0.2, 0) is 0 Å². The minimum atomic E-state index is 0.618. The van der Waals surface area contributed by atoms with E-state index in [1.807, 2.05) is 121 Å². The third-order valence-corrected chi connectivity index (χ3v) is 8.38. The van der Waals surface area contributed by atoms with Gasteiger partial charge in [0.05, 0.1) is 11.4 Å². The average molecular weight is 604 g/mol. The zero-order valence-corrected chi connectivity index (χ0v) is 25.1. The molecule has 0 amide bonds. The van der Waals surface area contributed by atoms with Crippen LogP contribution >= 0.6 is 0 Å². The quantitative estimate of drug-likeness (QED) is 0.195. The van der Waals surface area contributed by atoms with Crippen LogP contribution in [-0.4, -0.2) is 24.9 Å². The molecular formula is C41H25N5O. The molecule has 0 fully saturated rings. The maximum Gasteiger partial charge on any atom is 0.164 e. The number of hydrogen-bond acceptors (Lipinski definition) is 6. The lowest BCUT2D eigenvalue weighted by atomic mass is 9.98. The summed E-state index contributed by atoms with van der Waals surface area (Å²) in [6, 6.07) is 48.8. The molecule has 4 heterocycles. The first-order valence-electron chi connectivity index (χ1n) is 15.4. The summed E-state index contributed by atoms with van der Waals surface area (Å²) < 4.78 is 6.02. The second kappa shape index (κ2) is 11.1. The van der Waals surface area contributed by atoms with E-state index >= 15 is 0 Å². The summed E-state index contributed by atoms with van der Waals surface area (Å²) in [7, 11) is 0. The number of aromatic nitrogens is 5. The number of para-hydroxylation sites is 1. The molecule has 0 aliphatic heterocycles. The molecule has 0 saturated heterocycles. The van der Waals surface area contributed by atoms with Gasteiger partial charge in [-0.15, -0.1) is 0 Å². The van der Waals surface area contributed by atoms with Gasteiger partial charge in [0.2, 0.25) is 0 Å². The fraction of sp³-hybridized carbons (Fsp3) is 0. The number of rotatable bonds is 5. The highest BCUT2D eigenvalue weighted by atomic mass is 16.3. The molecule has 5 aromatic carbocycles. The van der Waals surface area contributed by atoms with Crippen LogP contribution in [0.3, 0.4) is 0 Å². The summed E-state index contributed by atoms with van der Waals surface area (Å²) in [5, 5.41) is 3.10. The summed E-state index contributed by atoms with van der Waals surface area (Å²) >= 11 is 0. The van der Waals surface area contributed by atoms with Gasteiger partial charge in [0, 0.05) is 33.7 Å². The van der Waals surface area contributed by atoms with Crippen molar-refractivity contribution in [2.24, 2.45) is 0 Å². The Morgan fingerprint density at radius 1 is 0.404 bits per heavy atom. The third-order valence-electron chi connectivity index (χ3n) is 8.38. The van der Waals surface area contributed by atoms with Crippen molar-refractivity contribution in [3.05, 3.63) is 152 Å². The summed E-state index contributed by atoms with van der Waals surface area (Å²) in [4.78, 5) is 24.5. The van der Waals surface area contributed by atoms with Gasteiger partial charge in [0.1, 0.15) is 11.1 Å². The lowest BCUT2D eigenvalue weighted by Crippen LogP contribution is -2.00. The van der Waals surface area contributed by atoms with E-state index in [1.165, 1.54) is 0 Å². The van der Waals surface area contributed by atoms with Gasteiger partial charge in [-0.05, 0) is 59.0 Å². The number of nitrogens with zero attached hydrogens (tertiary/aromatic N) is 5. The second-order valence-electron chi connectivity index (χ2n) is 11.4. The molecule has 220 valence electrons. The van der Waals surface area contributed by atoms with Crippen LogP contribution in [0.5, 0.6) is 0 Å². The van der Waals surface area contributed by atoms with E-state index in [0.29, 0.717) is 17.5 Å². The number of fused-ring (bicyclic) bond motifs is 4. The van der Waals surface area contributed by atoms with Gasteiger partial charge in [-0.3, -0.25) is 4.98 Å². The maximum atomic E-state index is 6.02. The van der Waals surface area contributed by atoms with Crippen LogP contribution in [0.4, 0.5) is 0 Å². The molecule has 0 unspecified atom stereocenters. The molecule has 0 radical (unpaired) electrons. The zero-order valence-electron chi connectivity index (χ0n) is 25.1. The van der Waals surface area contributed by atoms with E-state index in [1.54, 1.807) is 0 Å². The molecule has 4 aromatic heterocycles.